The molecule has 1 N–H and O–H groups in total. The number of ether oxygens (including phenoxy) is 1. The SMILES string of the molecule is COCCNCc1cnc(CS(=O)(=O)C(C)C)s1. The Morgan fingerprint density at radius 2 is 2.22 bits per heavy atom. The van der Waals surface area contributed by atoms with Crippen LogP contribution in [0.1, 0.15) is 23.7 Å². The normalized spacial score (nSPS) is 12.2. The molecular weight excluding hydrogens is 272 g/mol. The molecule has 0 bridgehead atoms. The fraction of sp³-hybridized carbons (Fsp3) is 0.727. The van der Waals surface area contributed by atoms with Gasteiger partial charge in [0.2, 0.25) is 0 Å². The molecule has 0 saturated carbocycles. The molecule has 0 unspecified atom stereocenters. The number of methoxy groups -OCH3 is 1. The number of hydrogen-bond acceptors (Lipinski definition) is 6. The maximum absolute atomic E-state index is 11.7. The molecule has 0 spiro atoms. The molecular formula is C11H20N2O3S2. The first-order valence-corrected chi connectivity index (χ1v) is 8.33. The molecule has 5 nitrogen and oxygen atoms in total. The van der Waals surface area contributed by atoms with E-state index in [1.54, 1.807) is 27.2 Å². The van der Waals surface area contributed by atoms with E-state index in [4.69, 9.17) is 4.74 Å². The van der Waals surface area contributed by atoms with Crippen molar-refractivity contribution in [2.24, 2.45) is 0 Å². The Balaban J connectivity index is 2.48. The molecule has 1 aromatic heterocycles. The molecule has 0 saturated heterocycles. The van der Waals surface area contributed by atoms with Crippen LogP contribution < -0.4 is 5.32 Å². The van der Waals surface area contributed by atoms with Gasteiger partial charge in [0.1, 0.15) is 10.8 Å². The zero-order chi connectivity index (χ0) is 13.6. The van der Waals surface area contributed by atoms with Crippen molar-refractivity contribution in [3.05, 3.63) is 16.1 Å². The minimum atomic E-state index is -3.06. The summed E-state index contributed by atoms with van der Waals surface area (Å²) < 4.78 is 28.4. The van der Waals surface area contributed by atoms with Gasteiger partial charge in [-0.2, -0.15) is 0 Å². The summed E-state index contributed by atoms with van der Waals surface area (Å²) >= 11 is 1.44. The fourth-order valence-corrected chi connectivity index (χ4v) is 3.39. The van der Waals surface area contributed by atoms with Gasteiger partial charge >= 0.3 is 0 Å². The summed E-state index contributed by atoms with van der Waals surface area (Å²) in [5.41, 5.74) is 0. The number of hydrogen-bond donors (Lipinski definition) is 1. The zero-order valence-corrected chi connectivity index (χ0v) is 12.6. The van der Waals surface area contributed by atoms with E-state index in [1.807, 2.05) is 0 Å². The van der Waals surface area contributed by atoms with Gasteiger partial charge in [0.25, 0.3) is 0 Å². The third-order valence-electron chi connectivity index (χ3n) is 2.43. The van der Waals surface area contributed by atoms with Gasteiger partial charge in [0.05, 0.1) is 11.9 Å². The molecule has 0 atom stereocenters. The highest BCUT2D eigenvalue weighted by atomic mass is 32.2. The fourth-order valence-electron chi connectivity index (χ4n) is 1.22. The Labute approximate surface area is 112 Å². The van der Waals surface area contributed by atoms with Gasteiger partial charge in [0.15, 0.2) is 9.84 Å². The largest absolute Gasteiger partial charge is 0.383 e. The Kier molecular flexibility index (Phi) is 6.20. The van der Waals surface area contributed by atoms with Crippen molar-refractivity contribution in [3.8, 4) is 0 Å². The van der Waals surface area contributed by atoms with Crippen LogP contribution in [0.15, 0.2) is 6.20 Å². The molecule has 104 valence electrons. The smallest absolute Gasteiger partial charge is 0.159 e. The lowest BCUT2D eigenvalue weighted by Crippen LogP contribution is -2.17. The second-order valence-corrected chi connectivity index (χ2v) is 8.00. The molecule has 0 radical (unpaired) electrons. The van der Waals surface area contributed by atoms with Crippen molar-refractivity contribution in [2.75, 3.05) is 20.3 Å². The molecule has 0 aliphatic carbocycles. The number of nitrogens with zero attached hydrogens (tertiary/aromatic N) is 1. The Morgan fingerprint density at radius 3 is 2.83 bits per heavy atom. The lowest BCUT2D eigenvalue weighted by Gasteiger charge is -2.04. The summed E-state index contributed by atoms with van der Waals surface area (Å²) in [5, 5.41) is 3.50. The second kappa shape index (κ2) is 7.18. The van der Waals surface area contributed by atoms with Crippen LogP contribution in [-0.4, -0.2) is 38.9 Å². The highest BCUT2D eigenvalue weighted by Gasteiger charge is 2.18. The number of sulfone groups is 1. The van der Waals surface area contributed by atoms with Gasteiger partial charge in [0, 0.05) is 31.3 Å². The van der Waals surface area contributed by atoms with Gasteiger partial charge < -0.3 is 10.1 Å². The standard InChI is InChI=1S/C11H20N2O3S2/c1-9(2)18(14,15)8-11-13-7-10(17-11)6-12-4-5-16-3/h7,9,12H,4-6,8H2,1-3H3. The highest BCUT2D eigenvalue weighted by molar-refractivity contribution is 7.91. The maximum Gasteiger partial charge on any atom is 0.159 e. The molecule has 0 fully saturated rings. The molecule has 18 heavy (non-hydrogen) atoms. The van der Waals surface area contributed by atoms with Crippen LogP contribution in [0.3, 0.4) is 0 Å². The predicted molar refractivity (Wildman–Crippen MR) is 73.5 cm³/mol. The van der Waals surface area contributed by atoms with Crippen molar-refractivity contribution >= 4 is 21.2 Å². The monoisotopic (exact) mass is 292 g/mol. The van der Waals surface area contributed by atoms with Crippen LogP contribution in [-0.2, 0) is 26.9 Å². The Bertz CT molecular complexity index is 455. The Morgan fingerprint density at radius 1 is 1.50 bits per heavy atom. The van der Waals surface area contributed by atoms with Crippen LogP contribution in [0.2, 0.25) is 0 Å². The van der Waals surface area contributed by atoms with Crippen LogP contribution in [0, 0.1) is 0 Å². The average Bonchev–Trinajstić information content (AvgIpc) is 2.71. The molecule has 7 heteroatoms. The van der Waals surface area contributed by atoms with Crippen LogP contribution >= 0.6 is 11.3 Å². The first-order valence-electron chi connectivity index (χ1n) is 5.80. The van der Waals surface area contributed by atoms with E-state index in [1.165, 1.54) is 11.3 Å². The molecule has 0 amide bonds. The summed E-state index contributed by atoms with van der Waals surface area (Å²) in [4.78, 5) is 5.19. The van der Waals surface area contributed by atoms with Crippen molar-refractivity contribution in [1.29, 1.82) is 0 Å². The minimum absolute atomic E-state index is 0.0351. The van der Waals surface area contributed by atoms with E-state index in [0.29, 0.717) is 18.2 Å². The number of rotatable bonds is 8. The molecule has 1 heterocycles. The summed E-state index contributed by atoms with van der Waals surface area (Å²) in [7, 11) is -1.40. The Hall–Kier alpha value is -0.500. The van der Waals surface area contributed by atoms with Gasteiger partial charge in [-0.15, -0.1) is 11.3 Å². The maximum atomic E-state index is 11.7. The van der Waals surface area contributed by atoms with E-state index < -0.39 is 9.84 Å². The summed E-state index contributed by atoms with van der Waals surface area (Å²) in [6, 6.07) is 0. The van der Waals surface area contributed by atoms with Crippen molar-refractivity contribution in [2.45, 2.75) is 31.4 Å². The predicted octanol–water partition coefficient (Wildman–Crippen LogP) is 1.20. The first-order chi connectivity index (χ1) is 8.45. The summed E-state index contributed by atoms with van der Waals surface area (Å²) in [6.07, 6.45) is 1.73. The second-order valence-electron chi connectivity index (χ2n) is 4.25. The third kappa shape index (κ3) is 5.01. The lowest BCUT2D eigenvalue weighted by molar-refractivity contribution is 0.199. The first kappa shape index (κ1) is 15.6. The zero-order valence-electron chi connectivity index (χ0n) is 11.0. The van der Waals surface area contributed by atoms with E-state index in [2.05, 4.69) is 10.3 Å². The van der Waals surface area contributed by atoms with Crippen molar-refractivity contribution < 1.29 is 13.2 Å². The number of aromatic nitrogens is 1. The molecule has 1 rings (SSSR count). The topological polar surface area (TPSA) is 68.3 Å². The molecule has 1 aromatic rings. The minimum Gasteiger partial charge on any atom is -0.383 e. The van der Waals surface area contributed by atoms with E-state index in [0.717, 1.165) is 11.4 Å². The van der Waals surface area contributed by atoms with Crippen LogP contribution in [0.5, 0.6) is 0 Å². The highest BCUT2D eigenvalue weighted by Crippen LogP contribution is 2.17. The number of thiazole rings is 1. The van der Waals surface area contributed by atoms with Gasteiger partial charge in [-0.1, -0.05) is 0 Å². The lowest BCUT2D eigenvalue weighted by atomic mass is 10.5. The molecule has 0 aliphatic rings. The quantitative estimate of drug-likeness (QED) is 0.729. The van der Waals surface area contributed by atoms with Crippen molar-refractivity contribution in [3.63, 3.8) is 0 Å². The van der Waals surface area contributed by atoms with E-state index in [-0.39, 0.29) is 11.0 Å². The van der Waals surface area contributed by atoms with E-state index in [9.17, 15) is 8.42 Å². The summed E-state index contributed by atoms with van der Waals surface area (Å²) in [5.74, 6) is 0.0351. The average molecular weight is 292 g/mol. The van der Waals surface area contributed by atoms with Crippen LogP contribution in [0.4, 0.5) is 0 Å². The van der Waals surface area contributed by atoms with Gasteiger partial charge in [-0.25, -0.2) is 13.4 Å². The molecule has 0 aromatic carbocycles. The molecule has 0 aliphatic heterocycles. The van der Waals surface area contributed by atoms with Gasteiger partial charge in [-0.05, 0) is 13.8 Å². The van der Waals surface area contributed by atoms with E-state index >= 15 is 0 Å². The summed E-state index contributed by atoms with van der Waals surface area (Å²) in [6.45, 7) is 5.51. The van der Waals surface area contributed by atoms with Gasteiger partial charge in [-0.3, -0.25) is 0 Å². The van der Waals surface area contributed by atoms with Crippen molar-refractivity contribution in [1.82, 2.24) is 10.3 Å². The van der Waals surface area contributed by atoms with Crippen LogP contribution in [0.25, 0.3) is 0 Å². The third-order valence-corrected chi connectivity index (χ3v) is 5.72. The number of nitrogens with one attached hydrogen (secondary N) is 1.